The molecule has 592 valence electrons. The van der Waals surface area contributed by atoms with Crippen LogP contribution in [0, 0.1) is 0 Å². The lowest BCUT2D eigenvalue weighted by Gasteiger charge is -2.53. The summed E-state index contributed by atoms with van der Waals surface area (Å²) in [4.78, 5) is 156. The van der Waals surface area contributed by atoms with Crippen LogP contribution in [0.15, 0.2) is 144 Å². The summed E-state index contributed by atoms with van der Waals surface area (Å²) in [5.41, 5.74) is 2.38. The van der Waals surface area contributed by atoms with E-state index in [1.807, 2.05) is 0 Å². The monoisotopic (exact) mass is 1530 g/mol. The van der Waals surface area contributed by atoms with Gasteiger partial charge >= 0.3 is 41.8 Å². The molecular weight excluding hydrogens is 1440 g/mol. The van der Waals surface area contributed by atoms with E-state index >= 15 is 9.59 Å². The van der Waals surface area contributed by atoms with Crippen LogP contribution in [0.25, 0.3) is 0 Å². The van der Waals surface area contributed by atoms with E-state index in [4.69, 9.17) is 85.3 Å². The number of hydrogen-bond donors (Lipinski definition) is 1. The summed E-state index contributed by atoms with van der Waals surface area (Å²) in [5, 5.41) is 12.4. The molecule has 0 saturated carbocycles. The van der Waals surface area contributed by atoms with Gasteiger partial charge in [-0.3, -0.25) is 62.5 Å². The number of nitrogens with zero attached hydrogens (tertiary/aromatic N) is 2. The second kappa shape index (κ2) is 37.9. The standard InChI is InChI=1S/C78H90N2O30/c1-40-41(2)72(89)79(71(40)88)59-65(97-35-54-30-22-15-23-31-54)61(55(104-75(59)92)36-93-32-51-24-16-12-17-25-51)108-77-70(103-50(11)87)68(64(100-47(8)84)57(106-77)38-95-34-53-28-20-14-21-29-53)110-76-60(80-73(90)42(3)43(4)74(80)91)66(62(98-45(6)82)58(105-76)39-96-44(5)81)109-78-69(102-49(10)86)67(101-48(9)85)63(99-46(7)83)56(107-78)37-94-33-52-26-18-13-19-27-52/h12-31,55-70,75-78,92H,32-39H2,1-11H3/t55-,56-,57-,58-,59-,60-,61-,62-,63+,64+,65-,66-,67+,68+,69-,70-,75-,76+,77+,78+/m1/s1. The number of carbonyl (C=O) groups excluding carboxylic acids is 11. The number of aliphatic hydroxyl groups excluding tert-OH is 1. The Morgan fingerprint density at radius 2 is 0.627 bits per heavy atom. The Bertz CT molecular complexity index is 3960. The smallest absolute Gasteiger partial charge is 0.303 e. The number of hydrogen-bond acceptors (Lipinski definition) is 30. The Morgan fingerprint density at radius 3 is 1.02 bits per heavy atom. The summed E-state index contributed by atoms with van der Waals surface area (Å²) in [5.74, 6) is -10.8. The third-order valence-electron chi connectivity index (χ3n) is 18.9. The van der Waals surface area contributed by atoms with Crippen molar-refractivity contribution in [3.63, 3.8) is 0 Å². The second-order valence-corrected chi connectivity index (χ2v) is 26.9. The van der Waals surface area contributed by atoms with Crippen LogP contribution in [0.3, 0.4) is 0 Å². The summed E-state index contributed by atoms with van der Waals surface area (Å²) in [6.45, 7) is 9.71. The van der Waals surface area contributed by atoms with Crippen molar-refractivity contribution >= 4 is 65.4 Å². The first-order valence-electron chi connectivity index (χ1n) is 35.6. The zero-order valence-corrected chi connectivity index (χ0v) is 62.4. The van der Waals surface area contributed by atoms with Crippen LogP contribution < -0.4 is 0 Å². The Labute approximate surface area is 633 Å². The van der Waals surface area contributed by atoms with Gasteiger partial charge in [-0.2, -0.15) is 0 Å². The number of carbonyl (C=O) groups is 11. The molecule has 4 saturated heterocycles. The van der Waals surface area contributed by atoms with E-state index in [0.717, 1.165) is 53.4 Å². The van der Waals surface area contributed by atoms with E-state index in [1.54, 1.807) is 121 Å². The van der Waals surface area contributed by atoms with Crippen molar-refractivity contribution in [3.8, 4) is 0 Å². The summed E-state index contributed by atoms with van der Waals surface area (Å²) in [7, 11) is 0. The van der Waals surface area contributed by atoms with Gasteiger partial charge in [0.15, 0.2) is 61.8 Å². The molecule has 0 radical (unpaired) electrons. The molecule has 20 atom stereocenters. The topological polar surface area (TPSA) is 381 Å². The van der Waals surface area contributed by atoms with E-state index in [2.05, 4.69) is 0 Å². The van der Waals surface area contributed by atoms with Gasteiger partial charge in [-0.15, -0.1) is 0 Å². The van der Waals surface area contributed by atoms with Crippen LogP contribution >= 0.6 is 0 Å². The zero-order chi connectivity index (χ0) is 79.2. The average molecular weight is 1540 g/mol. The van der Waals surface area contributed by atoms with E-state index in [9.17, 15) is 48.3 Å². The lowest BCUT2D eigenvalue weighted by atomic mass is 9.92. The Balaban J connectivity index is 1.16. The number of aliphatic hydroxyl groups is 1. The summed E-state index contributed by atoms with van der Waals surface area (Å²) in [6, 6.07) is 31.3. The number of imide groups is 2. The molecule has 0 aromatic heterocycles. The lowest BCUT2D eigenvalue weighted by molar-refractivity contribution is -0.383. The third kappa shape index (κ3) is 20.3. The third-order valence-corrected chi connectivity index (χ3v) is 18.9. The van der Waals surface area contributed by atoms with Gasteiger partial charge in [0.1, 0.15) is 67.5 Å². The average Bonchev–Trinajstić information content (AvgIpc) is 1.41. The first kappa shape index (κ1) is 82.9. The van der Waals surface area contributed by atoms with Crippen molar-refractivity contribution in [2.45, 2.75) is 225 Å². The predicted molar refractivity (Wildman–Crippen MR) is 373 cm³/mol. The highest BCUT2D eigenvalue weighted by atomic mass is 16.8. The van der Waals surface area contributed by atoms with Crippen molar-refractivity contribution in [2.75, 3.05) is 26.4 Å². The van der Waals surface area contributed by atoms with Gasteiger partial charge < -0.3 is 90.4 Å². The Hall–Kier alpha value is -9.55. The lowest BCUT2D eigenvalue weighted by Crippen LogP contribution is -2.72. The molecule has 6 heterocycles. The Morgan fingerprint density at radius 1 is 0.327 bits per heavy atom. The van der Waals surface area contributed by atoms with Gasteiger partial charge in [-0.25, -0.2) is 0 Å². The summed E-state index contributed by atoms with van der Waals surface area (Å²) >= 11 is 0. The number of amides is 4. The molecule has 4 aromatic carbocycles. The van der Waals surface area contributed by atoms with Crippen molar-refractivity contribution in [1.29, 1.82) is 0 Å². The number of rotatable bonds is 31. The van der Waals surface area contributed by atoms with Crippen LogP contribution in [-0.2, 0) is 164 Å². The second-order valence-electron chi connectivity index (χ2n) is 26.9. The molecule has 110 heavy (non-hydrogen) atoms. The van der Waals surface area contributed by atoms with Crippen molar-refractivity contribution in [3.05, 3.63) is 166 Å². The van der Waals surface area contributed by atoms with Gasteiger partial charge in [0.05, 0.1) is 46.2 Å². The maximum absolute atomic E-state index is 15.3. The molecule has 0 spiro atoms. The quantitative estimate of drug-likeness (QED) is 0.0409. The molecule has 1 N–H and O–H groups in total. The highest BCUT2D eigenvalue weighted by Crippen LogP contribution is 2.43. The maximum Gasteiger partial charge on any atom is 0.303 e. The van der Waals surface area contributed by atoms with Gasteiger partial charge in [0.25, 0.3) is 23.6 Å². The first-order chi connectivity index (χ1) is 52.6. The van der Waals surface area contributed by atoms with E-state index in [0.29, 0.717) is 27.2 Å². The minimum atomic E-state index is -2.33. The van der Waals surface area contributed by atoms with Gasteiger partial charge in [-0.05, 0) is 49.9 Å². The Kier molecular flexibility index (Phi) is 28.6. The number of benzene rings is 4. The molecule has 32 nitrogen and oxygen atoms in total. The molecule has 4 aromatic rings. The van der Waals surface area contributed by atoms with E-state index in [-0.39, 0.29) is 48.7 Å². The fourth-order valence-electron chi connectivity index (χ4n) is 13.7. The largest absolute Gasteiger partial charge is 0.463 e. The highest BCUT2D eigenvalue weighted by molar-refractivity contribution is 6.19. The molecule has 6 aliphatic heterocycles. The molecule has 0 aliphatic carbocycles. The molecule has 32 heteroatoms. The van der Waals surface area contributed by atoms with E-state index < -0.39 is 215 Å². The van der Waals surface area contributed by atoms with Crippen molar-refractivity contribution < 1.29 is 143 Å². The van der Waals surface area contributed by atoms with Crippen LogP contribution in [-0.4, -0.2) is 229 Å². The maximum atomic E-state index is 15.3. The molecular formula is C78H90N2O30. The SMILES string of the molecule is CC(=O)OC[C@H]1O[C@@H](O[C@H]2[C@@H](OC(C)=O)[C@@H](COCc3ccccc3)O[C@@H](O[C@H]3[C@H](OCc4ccccc4)[C@@H](N4C(=O)C(C)=C(C)C4=O)[C@H](O)O[C@@H]3COCc3ccccc3)[C@@H]2OC(C)=O)[C@H](N2C(=O)C(C)=C(C)C2=O)[C@@H](O[C@@H]2O[C@H](COCc3ccccc3)[C@H](OC(C)=O)[C@H](OC(C)=O)[C@H]2OC(C)=O)[C@@H]1OC(C)=O. The molecule has 4 fully saturated rings. The molecule has 10 rings (SSSR count). The molecule has 0 unspecified atom stereocenters. The van der Waals surface area contributed by atoms with Gasteiger partial charge in [-0.1, -0.05) is 121 Å². The fourth-order valence-corrected chi connectivity index (χ4v) is 13.7. The highest BCUT2D eigenvalue weighted by Gasteiger charge is 2.64. The minimum absolute atomic E-state index is 0.0432. The first-order valence-corrected chi connectivity index (χ1v) is 35.6. The van der Waals surface area contributed by atoms with Crippen molar-refractivity contribution in [2.24, 2.45) is 0 Å². The summed E-state index contributed by atoms with van der Waals surface area (Å²) < 4.78 is 116. The minimum Gasteiger partial charge on any atom is -0.463 e. The molecule has 4 amide bonds. The van der Waals surface area contributed by atoms with Crippen LogP contribution in [0.1, 0.15) is 98.4 Å². The van der Waals surface area contributed by atoms with E-state index in [1.165, 1.54) is 27.7 Å². The van der Waals surface area contributed by atoms with Gasteiger partial charge in [0.2, 0.25) is 0 Å². The van der Waals surface area contributed by atoms with Crippen LogP contribution in [0.4, 0.5) is 0 Å². The zero-order valence-electron chi connectivity index (χ0n) is 62.4. The number of esters is 7. The normalized spacial score (nSPS) is 29.7. The molecule has 6 aliphatic rings. The number of ether oxygens (including phenoxy) is 18. The van der Waals surface area contributed by atoms with Crippen LogP contribution in [0.2, 0.25) is 0 Å². The predicted octanol–water partition coefficient (Wildman–Crippen LogP) is 4.57. The van der Waals surface area contributed by atoms with Crippen LogP contribution in [0.5, 0.6) is 0 Å². The van der Waals surface area contributed by atoms with Crippen molar-refractivity contribution in [1.82, 2.24) is 9.80 Å². The summed E-state index contributed by atoms with van der Waals surface area (Å²) in [6.07, 6.45) is -34.3. The fraction of sp³-hybridized carbons (Fsp3) is 0.500. The molecule has 0 bridgehead atoms. The van der Waals surface area contributed by atoms with Gasteiger partial charge in [0, 0.05) is 70.8 Å².